The van der Waals surface area contributed by atoms with E-state index in [0.29, 0.717) is 0 Å². The summed E-state index contributed by atoms with van der Waals surface area (Å²) in [4.78, 5) is 4.84. The van der Waals surface area contributed by atoms with Gasteiger partial charge in [-0.2, -0.15) is 0 Å². The number of rotatable bonds is 6. The maximum Gasteiger partial charge on any atom is 0.0204 e. The Morgan fingerprint density at radius 3 is 2.71 bits per heavy atom. The summed E-state index contributed by atoms with van der Waals surface area (Å²) in [6.45, 7) is 5.04. The summed E-state index contributed by atoms with van der Waals surface area (Å²) in [6, 6.07) is 0.740. The molecule has 84 valence electrons. The second-order valence-electron chi connectivity index (χ2n) is 4.59. The van der Waals surface area contributed by atoms with Crippen molar-refractivity contribution in [3.05, 3.63) is 0 Å². The van der Waals surface area contributed by atoms with Crippen molar-refractivity contribution in [3.8, 4) is 0 Å². The Bertz CT molecular complexity index is 147. The molecule has 1 aliphatic rings. The average molecular weight is 199 g/mol. The highest BCUT2D eigenvalue weighted by Crippen LogP contribution is 2.09. The van der Waals surface area contributed by atoms with Crippen LogP contribution in [-0.4, -0.2) is 63.2 Å². The Hall–Kier alpha value is -0.120. The van der Waals surface area contributed by atoms with E-state index in [1.807, 2.05) is 0 Å². The van der Waals surface area contributed by atoms with Crippen molar-refractivity contribution < 1.29 is 0 Å². The number of hydrogen-bond acceptors (Lipinski definition) is 3. The highest BCUT2D eigenvalue weighted by Gasteiger charge is 2.19. The van der Waals surface area contributed by atoms with Crippen LogP contribution in [0.1, 0.15) is 19.3 Å². The van der Waals surface area contributed by atoms with Crippen molar-refractivity contribution >= 4 is 0 Å². The van der Waals surface area contributed by atoms with Crippen molar-refractivity contribution in [1.82, 2.24) is 15.1 Å². The molecule has 3 nitrogen and oxygen atoms in total. The van der Waals surface area contributed by atoms with Crippen LogP contribution in [0.4, 0.5) is 0 Å². The third-order valence-electron chi connectivity index (χ3n) is 3.01. The molecule has 0 aliphatic carbocycles. The lowest BCUT2D eigenvalue weighted by Gasteiger charge is -2.16. The van der Waals surface area contributed by atoms with Gasteiger partial charge >= 0.3 is 0 Å². The Labute approximate surface area is 88.5 Å². The minimum Gasteiger partial charge on any atom is -0.316 e. The topological polar surface area (TPSA) is 18.5 Å². The molecule has 1 heterocycles. The Balaban J connectivity index is 1.97. The van der Waals surface area contributed by atoms with E-state index >= 15 is 0 Å². The van der Waals surface area contributed by atoms with Gasteiger partial charge in [0.25, 0.3) is 0 Å². The van der Waals surface area contributed by atoms with Gasteiger partial charge in [-0.15, -0.1) is 0 Å². The molecule has 3 heteroatoms. The SMILES string of the molecule is CNC1CCN(CCCCN(C)C)C1. The summed E-state index contributed by atoms with van der Waals surface area (Å²) in [7, 11) is 6.36. The molecular weight excluding hydrogens is 174 g/mol. The number of likely N-dealkylation sites (N-methyl/N-ethyl adjacent to an activating group) is 1. The standard InChI is InChI=1S/C11H25N3/c1-12-11-6-9-14(10-11)8-5-4-7-13(2)3/h11-12H,4-10H2,1-3H3. The van der Waals surface area contributed by atoms with Crippen molar-refractivity contribution in [2.75, 3.05) is 47.3 Å². The highest BCUT2D eigenvalue weighted by atomic mass is 15.2. The summed E-state index contributed by atoms with van der Waals surface area (Å²) >= 11 is 0. The fourth-order valence-corrected chi connectivity index (χ4v) is 2.03. The lowest BCUT2D eigenvalue weighted by atomic mass is 10.3. The maximum atomic E-state index is 3.35. The Morgan fingerprint density at radius 2 is 2.14 bits per heavy atom. The summed E-state index contributed by atoms with van der Waals surface area (Å²) in [5, 5.41) is 3.35. The Kier molecular flexibility index (Phi) is 5.45. The predicted molar refractivity (Wildman–Crippen MR) is 61.7 cm³/mol. The van der Waals surface area contributed by atoms with Gasteiger partial charge in [0.1, 0.15) is 0 Å². The van der Waals surface area contributed by atoms with Crippen LogP contribution in [0.25, 0.3) is 0 Å². The molecule has 1 N–H and O–H groups in total. The van der Waals surface area contributed by atoms with Gasteiger partial charge in [0, 0.05) is 12.6 Å². The molecule has 14 heavy (non-hydrogen) atoms. The smallest absolute Gasteiger partial charge is 0.0204 e. The molecule has 0 aromatic rings. The highest BCUT2D eigenvalue weighted by molar-refractivity contribution is 4.79. The molecule has 0 bridgehead atoms. The van der Waals surface area contributed by atoms with Crippen LogP contribution < -0.4 is 5.32 Å². The largest absolute Gasteiger partial charge is 0.316 e. The fourth-order valence-electron chi connectivity index (χ4n) is 2.03. The molecule has 0 spiro atoms. The van der Waals surface area contributed by atoms with E-state index in [1.165, 1.54) is 45.4 Å². The first kappa shape index (κ1) is 12.0. The first-order valence-corrected chi connectivity index (χ1v) is 5.76. The first-order chi connectivity index (χ1) is 6.72. The number of nitrogens with one attached hydrogen (secondary N) is 1. The number of nitrogens with zero attached hydrogens (tertiary/aromatic N) is 2. The van der Waals surface area contributed by atoms with Crippen LogP contribution in [0.5, 0.6) is 0 Å². The Morgan fingerprint density at radius 1 is 1.36 bits per heavy atom. The summed E-state index contributed by atoms with van der Waals surface area (Å²) < 4.78 is 0. The molecule has 1 unspecified atom stereocenters. The average Bonchev–Trinajstić information content (AvgIpc) is 2.60. The normalized spacial score (nSPS) is 23.6. The minimum absolute atomic E-state index is 0.740. The van der Waals surface area contributed by atoms with Crippen LogP contribution >= 0.6 is 0 Å². The van der Waals surface area contributed by atoms with E-state index in [4.69, 9.17) is 0 Å². The van der Waals surface area contributed by atoms with Gasteiger partial charge in [0.2, 0.25) is 0 Å². The third-order valence-corrected chi connectivity index (χ3v) is 3.01. The molecule has 1 rings (SSSR count). The van der Waals surface area contributed by atoms with Gasteiger partial charge in [-0.25, -0.2) is 0 Å². The van der Waals surface area contributed by atoms with E-state index in [2.05, 4.69) is 36.3 Å². The van der Waals surface area contributed by atoms with Gasteiger partial charge < -0.3 is 15.1 Å². The van der Waals surface area contributed by atoms with Crippen LogP contribution in [0.15, 0.2) is 0 Å². The second-order valence-corrected chi connectivity index (χ2v) is 4.59. The monoisotopic (exact) mass is 199 g/mol. The molecule has 0 radical (unpaired) electrons. The summed E-state index contributed by atoms with van der Waals surface area (Å²) in [5.41, 5.74) is 0. The van der Waals surface area contributed by atoms with Gasteiger partial charge in [-0.3, -0.25) is 0 Å². The van der Waals surface area contributed by atoms with E-state index in [-0.39, 0.29) is 0 Å². The first-order valence-electron chi connectivity index (χ1n) is 5.76. The fraction of sp³-hybridized carbons (Fsp3) is 1.00. The lowest BCUT2D eigenvalue weighted by Crippen LogP contribution is -2.30. The minimum atomic E-state index is 0.740. The molecule has 1 atom stereocenters. The van der Waals surface area contributed by atoms with Crippen LogP contribution in [0.3, 0.4) is 0 Å². The molecule has 0 aromatic heterocycles. The molecule has 1 aliphatic heterocycles. The van der Waals surface area contributed by atoms with Crippen LogP contribution in [0.2, 0.25) is 0 Å². The zero-order chi connectivity index (χ0) is 10.4. The van der Waals surface area contributed by atoms with Crippen LogP contribution in [-0.2, 0) is 0 Å². The zero-order valence-corrected chi connectivity index (χ0v) is 9.92. The van der Waals surface area contributed by atoms with Crippen molar-refractivity contribution in [3.63, 3.8) is 0 Å². The lowest BCUT2D eigenvalue weighted by molar-refractivity contribution is 0.308. The van der Waals surface area contributed by atoms with Gasteiger partial charge in [0.15, 0.2) is 0 Å². The quantitative estimate of drug-likeness (QED) is 0.633. The predicted octanol–water partition coefficient (Wildman–Crippen LogP) is 0.622. The van der Waals surface area contributed by atoms with Gasteiger partial charge in [-0.05, 0) is 60.0 Å². The number of unbranched alkanes of at least 4 members (excludes halogenated alkanes) is 1. The number of likely N-dealkylation sites (tertiary alicyclic amines) is 1. The molecular formula is C11H25N3. The van der Waals surface area contributed by atoms with Crippen molar-refractivity contribution in [2.24, 2.45) is 0 Å². The molecule has 0 amide bonds. The zero-order valence-electron chi connectivity index (χ0n) is 9.92. The van der Waals surface area contributed by atoms with Crippen molar-refractivity contribution in [1.29, 1.82) is 0 Å². The van der Waals surface area contributed by atoms with Gasteiger partial charge in [0.05, 0.1) is 0 Å². The maximum absolute atomic E-state index is 3.35. The molecule has 1 saturated heterocycles. The number of hydrogen-bond donors (Lipinski definition) is 1. The summed E-state index contributed by atoms with van der Waals surface area (Å²) in [5.74, 6) is 0. The third kappa shape index (κ3) is 4.40. The second kappa shape index (κ2) is 6.38. The van der Waals surface area contributed by atoms with E-state index in [9.17, 15) is 0 Å². The van der Waals surface area contributed by atoms with E-state index in [1.54, 1.807) is 0 Å². The van der Waals surface area contributed by atoms with Gasteiger partial charge in [-0.1, -0.05) is 0 Å². The van der Waals surface area contributed by atoms with E-state index < -0.39 is 0 Å². The molecule has 1 fully saturated rings. The van der Waals surface area contributed by atoms with E-state index in [0.717, 1.165) is 6.04 Å². The van der Waals surface area contributed by atoms with Crippen molar-refractivity contribution in [2.45, 2.75) is 25.3 Å². The van der Waals surface area contributed by atoms with Crippen LogP contribution in [0, 0.1) is 0 Å². The molecule has 0 saturated carbocycles. The summed E-state index contributed by atoms with van der Waals surface area (Å²) in [6.07, 6.45) is 3.99. The molecule has 0 aromatic carbocycles.